The summed E-state index contributed by atoms with van der Waals surface area (Å²) < 4.78 is 0. The molecule has 0 spiro atoms. The van der Waals surface area contributed by atoms with Crippen LogP contribution < -0.4 is 5.32 Å². The summed E-state index contributed by atoms with van der Waals surface area (Å²) >= 11 is 0. The van der Waals surface area contributed by atoms with Crippen molar-refractivity contribution in [3.8, 4) is 0 Å². The molecule has 3 heteroatoms. The third-order valence-corrected chi connectivity index (χ3v) is 7.49. The second kappa shape index (κ2) is 5.70. The third kappa shape index (κ3) is 3.14. The average molecular weight is 366 g/mol. The summed E-state index contributed by atoms with van der Waals surface area (Å²) in [4.78, 5) is 12.0. The van der Waals surface area contributed by atoms with Crippen molar-refractivity contribution in [3.63, 3.8) is 0 Å². The molecular formula is C24H31NO2. The lowest BCUT2D eigenvalue weighted by Crippen LogP contribution is -2.57. The van der Waals surface area contributed by atoms with Crippen molar-refractivity contribution in [2.24, 2.45) is 17.3 Å². The number of carbonyl (C=O) groups is 1. The fourth-order valence-electron chi connectivity index (χ4n) is 7.07. The first-order chi connectivity index (χ1) is 12.7. The quantitative estimate of drug-likeness (QED) is 0.796. The van der Waals surface area contributed by atoms with Crippen molar-refractivity contribution in [1.29, 1.82) is 0 Å². The van der Waals surface area contributed by atoms with Crippen molar-refractivity contribution in [1.82, 2.24) is 0 Å². The smallest absolute Gasteiger partial charge is 0.157 e. The molecular weight excluding hydrogens is 334 g/mol. The SMILES string of the molecule is CC1(C)CC(=O)C=C(Nc2ccc(C34CC5CC(CC(O)(C5)C3)C4)cc2)C1. The maximum absolute atomic E-state index is 12.0. The third-order valence-electron chi connectivity index (χ3n) is 7.49. The van der Waals surface area contributed by atoms with Gasteiger partial charge in [0.05, 0.1) is 5.60 Å². The molecule has 2 unspecified atom stereocenters. The summed E-state index contributed by atoms with van der Waals surface area (Å²) in [7, 11) is 0. The second-order valence-electron chi connectivity index (χ2n) is 10.8. The highest BCUT2D eigenvalue weighted by Crippen LogP contribution is 2.62. The number of carbonyl (C=O) groups excluding carboxylic acids is 1. The number of aliphatic hydroxyl groups is 1. The topological polar surface area (TPSA) is 49.3 Å². The molecule has 1 aromatic rings. The van der Waals surface area contributed by atoms with Crippen LogP contribution in [0.4, 0.5) is 5.69 Å². The number of ketones is 1. The predicted octanol–water partition coefficient (Wildman–Crippen LogP) is 4.95. The van der Waals surface area contributed by atoms with E-state index in [9.17, 15) is 9.90 Å². The highest BCUT2D eigenvalue weighted by atomic mass is 16.3. The minimum atomic E-state index is -0.417. The molecule has 0 saturated heterocycles. The maximum atomic E-state index is 12.0. The van der Waals surface area contributed by atoms with Crippen LogP contribution in [-0.4, -0.2) is 16.5 Å². The van der Waals surface area contributed by atoms with Crippen LogP contribution in [0.2, 0.25) is 0 Å². The molecule has 1 aromatic carbocycles. The molecule has 27 heavy (non-hydrogen) atoms. The zero-order chi connectivity index (χ0) is 18.9. The lowest BCUT2D eigenvalue weighted by atomic mass is 9.46. The first-order valence-electron chi connectivity index (χ1n) is 10.6. The Hall–Kier alpha value is -1.61. The number of allylic oxidation sites excluding steroid dienone is 2. The van der Waals surface area contributed by atoms with Gasteiger partial charge >= 0.3 is 0 Å². The van der Waals surface area contributed by atoms with E-state index in [-0.39, 0.29) is 16.6 Å². The van der Waals surface area contributed by atoms with E-state index >= 15 is 0 Å². The first-order valence-corrected chi connectivity index (χ1v) is 10.6. The molecule has 4 fully saturated rings. The van der Waals surface area contributed by atoms with Gasteiger partial charge in [-0.3, -0.25) is 4.79 Å². The Balaban J connectivity index is 1.36. The van der Waals surface area contributed by atoms with E-state index in [1.807, 2.05) is 0 Å². The molecule has 0 aromatic heterocycles. The van der Waals surface area contributed by atoms with E-state index in [0.717, 1.165) is 37.1 Å². The van der Waals surface area contributed by atoms with Gasteiger partial charge in [-0.05, 0) is 85.3 Å². The zero-order valence-electron chi connectivity index (χ0n) is 16.6. The molecule has 6 rings (SSSR count). The molecule has 0 radical (unpaired) electrons. The molecule has 0 heterocycles. The van der Waals surface area contributed by atoms with Crippen LogP contribution in [0.3, 0.4) is 0 Å². The Morgan fingerprint density at radius 1 is 1.00 bits per heavy atom. The zero-order valence-corrected chi connectivity index (χ0v) is 16.6. The van der Waals surface area contributed by atoms with Gasteiger partial charge in [-0.1, -0.05) is 26.0 Å². The standard InChI is InChI=1S/C24H31NO2/c1-22(2)13-20(8-21(26)14-22)25-19-5-3-18(4-6-19)23-9-16-7-17(10-23)12-24(27,11-16)15-23/h3-6,8,16-17,25,27H,7,9-15H2,1-2H3. The minimum absolute atomic E-state index is 0.0305. The molecule has 144 valence electrons. The van der Waals surface area contributed by atoms with Crippen LogP contribution in [0.1, 0.15) is 70.8 Å². The van der Waals surface area contributed by atoms with Crippen molar-refractivity contribution >= 4 is 11.5 Å². The summed E-state index contributed by atoms with van der Waals surface area (Å²) in [5, 5.41) is 14.5. The van der Waals surface area contributed by atoms with Gasteiger partial charge in [0, 0.05) is 23.9 Å². The number of nitrogens with one attached hydrogen (secondary N) is 1. The molecule has 2 N–H and O–H groups in total. The minimum Gasteiger partial charge on any atom is -0.390 e. The Labute approximate surface area is 162 Å². The number of hydrogen-bond acceptors (Lipinski definition) is 3. The number of hydrogen-bond donors (Lipinski definition) is 2. The van der Waals surface area contributed by atoms with Crippen LogP contribution in [0.15, 0.2) is 36.0 Å². The molecule has 2 atom stereocenters. The molecule has 4 saturated carbocycles. The van der Waals surface area contributed by atoms with E-state index in [2.05, 4.69) is 43.4 Å². The van der Waals surface area contributed by atoms with E-state index in [1.165, 1.54) is 24.8 Å². The summed E-state index contributed by atoms with van der Waals surface area (Å²) in [6.07, 6.45) is 10.1. The van der Waals surface area contributed by atoms with Crippen LogP contribution in [0.5, 0.6) is 0 Å². The largest absolute Gasteiger partial charge is 0.390 e. The molecule has 3 nitrogen and oxygen atoms in total. The van der Waals surface area contributed by atoms with Gasteiger partial charge < -0.3 is 10.4 Å². The molecule has 5 aliphatic carbocycles. The highest BCUT2D eigenvalue weighted by molar-refractivity contribution is 5.92. The monoisotopic (exact) mass is 365 g/mol. The van der Waals surface area contributed by atoms with E-state index in [1.54, 1.807) is 6.08 Å². The van der Waals surface area contributed by atoms with Crippen molar-refractivity contribution in [2.75, 3.05) is 5.32 Å². The number of anilines is 1. The summed E-state index contributed by atoms with van der Waals surface area (Å²) in [5.74, 6) is 1.62. The summed E-state index contributed by atoms with van der Waals surface area (Å²) in [6, 6.07) is 8.83. The first kappa shape index (κ1) is 17.5. The predicted molar refractivity (Wildman–Crippen MR) is 107 cm³/mol. The van der Waals surface area contributed by atoms with Crippen molar-refractivity contribution in [3.05, 3.63) is 41.6 Å². The Morgan fingerprint density at radius 3 is 2.26 bits per heavy atom. The van der Waals surface area contributed by atoms with Gasteiger partial charge in [-0.25, -0.2) is 0 Å². The van der Waals surface area contributed by atoms with Gasteiger partial charge in [-0.15, -0.1) is 0 Å². The van der Waals surface area contributed by atoms with Gasteiger partial charge in [-0.2, -0.15) is 0 Å². The Morgan fingerprint density at radius 2 is 1.67 bits per heavy atom. The lowest BCUT2D eigenvalue weighted by molar-refractivity contribution is -0.137. The van der Waals surface area contributed by atoms with Crippen LogP contribution >= 0.6 is 0 Å². The molecule has 0 aliphatic heterocycles. The average Bonchev–Trinajstić information content (AvgIpc) is 2.51. The van der Waals surface area contributed by atoms with Gasteiger partial charge in [0.15, 0.2) is 5.78 Å². The molecule has 4 bridgehead atoms. The Bertz CT molecular complexity index is 790. The normalized spacial score (nSPS) is 39.4. The van der Waals surface area contributed by atoms with Gasteiger partial charge in [0.1, 0.15) is 0 Å². The van der Waals surface area contributed by atoms with Gasteiger partial charge in [0.25, 0.3) is 0 Å². The van der Waals surface area contributed by atoms with Crippen molar-refractivity contribution in [2.45, 2.75) is 76.2 Å². The fourth-order valence-corrected chi connectivity index (χ4v) is 7.07. The van der Waals surface area contributed by atoms with Gasteiger partial charge in [0.2, 0.25) is 0 Å². The van der Waals surface area contributed by atoms with E-state index in [0.29, 0.717) is 18.3 Å². The van der Waals surface area contributed by atoms with Crippen molar-refractivity contribution < 1.29 is 9.90 Å². The van der Waals surface area contributed by atoms with Crippen LogP contribution in [-0.2, 0) is 10.2 Å². The number of rotatable bonds is 3. The summed E-state index contributed by atoms with van der Waals surface area (Å²) in [5.41, 5.74) is 3.27. The maximum Gasteiger partial charge on any atom is 0.157 e. The number of benzene rings is 1. The van der Waals surface area contributed by atoms with Crippen LogP contribution in [0.25, 0.3) is 0 Å². The lowest BCUT2D eigenvalue weighted by Gasteiger charge is -2.60. The molecule has 5 aliphatic rings. The Kier molecular flexibility index (Phi) is 3.69. The fraction of sp³-hybridized carbons (Fsp3) is 0.625. The molecule has 0 amide bonds. The van der Waals surface area contributed by atoms with Crippen LogP contribution in [0, 0.1) is 17.3 Å². The van der Waals surface area contributed by atoms with E-state index in [4.69, 9.17) is 0 Å². The highest BCUT2D eigenvalue weighted by Gasteiger charge is 2.57. The van der Waals surface area contributed by atoms with E-state index < -0.39 is 5.60 Å². The summed E-state index contributed by atoms with van der Waals surface area (Å²) in [6.45, 7) is 4.31. The second-order valence-corrected chi connectivity index (χ2v) is 10.8.